The van der Waals surface area contributed by atoms with Gasteiger partial charge in [-0.1, -0.05) is 30.3 Å². The Hall–Kier alpha value is -3.85. The highest BCUT2D eigenvalue weighted by atomic mass is 32.2. The molecule has 8 nitrogen and oxygen atoms in total. The molecule has 0 spiro atoms. The molecule has 0 saturated carbocycles. The van der Waals surface area contributed by atoms with Crippen LogP contribution in [0.3, 0.4) is 0 Å². The Morgan fingerprint density at radius 2 is 1.83 bits per heavy atom. The third-order valence-corrected chi connectivity index (χ3v) is 6.10. The number of carbonyl (C=O) groups excluding carboxylic acids is 2. The first-order valence-electron chi connectivity index (χ1n) is 11.0. The average molecular weight is 492 g/mol. The number of nitrogens with zero attached hydrogens (tertiary/aromatic N) is 1. The van der Waals surface area contributed by atoms with Crippen LogP contribution in [0.2, 0.25) is 0 Å². The van der Waals surface area contributed by atoms with E-state index >= 15 is 0 Å². The van der Waals surface area contributed by atoms with E-state index in [1.54, 1.807) is 51.2 Å². The Labute approximate surface area is 206 Å². The van der Waals surface area contributed by atoms with Crippen molar-refractivity contribution in [1.29, 1.82) is 0 Å². The molecule has 3 N–H and O–H groups in total. The van der Waals surface area contributed by atoms with Gasteiger partial charge in [-0.15, -0.1) is 0 Å². The van der Waals surface area contributed by atoms with Gasteiger partial charge in [-0.3, -0.25) is 14.4 Å². The van der Waals surface area contributed by atoms with Gasteiger partial charge in [0.2, 0.25) is 0 Å². The number of thioether (sulfide) groups is 1. The number of carbonyl (C=O) groups is 3. The lowest BCUT2D eigenvalue weighted by atomic mass is 10.0. The van der Waals surface area contributed by atoms with Gasteiger partial charge in [-0.25, -0.2) is 0 Å². The van der Waals surface area contributed by atoms with E-state index in [0.29, 0.717) is 26.9 Å². The average Bonchev–Trinajstić information content (AvgIpc) is 3.35. The van der Waals surface area contributed by atoms with Crippen LogP contribution in [0, 0.1) is 0 Å². The first-order chi connectivity index (χ1) is 16.6. The van der Waals surface area contributed by atoms with Crippen molar-refractivity contribution in [3.8, 4) is 0 Å². The molecule has 35 heavy (non-hydrogen) atoms. The first kappa shape index (κ1) is 24.3. The predicted octanol–water partition coefficient (Wildman–Crippen LogP) is 4.98. The highest BCUT2D eigenvalue weighted by molar-refractivity contribution is 8.18. The second kappa shape index (κ2) is 9.79. The summed E-state index contributed by atoms with van der Waals surface area (Å²) in [5.74, 6) is -1.78. The van der Waals surface area contributed by atoms with Gasteiger partial charge < -0.3 is 20.1 Å². The second-order valence-electron chi connectivity index (χ2n) is 9.04. The highest BCUT2D eigenvalue weighted by Gasteiger charge is 2.30. The van der Waals surface area contributed by atoms with Gasteiger partial charge in [-0.05, 0) is 61.9 Å². The number of H-pyrrole nitrogens is 1. The van der Waals surface area contributed by atoms with E-state index in [2.05, 4.69) is 15.3 Å². The van der Waals surface area contributed by atoms with Crippen LogP contribution in [0.5, 0.6) is 0 Å². The van der Waals surface area contributed by atoms with Crippen molar-refractivity contribution in [1.82, 2.24) is 4.98 Å². The smallest absolute Gasteiger partial charge is 0.310 e. The van der Waals surface area contributed by atoms with Crippen molar-refractivity contribution >= 4 is 56.9 Å². The molecule has 9 heteroatoms. The molecule has 0 radical (unpaired) electrons. The van der Waals surface area contributed by atoms with Crippen LogP contribution < -0.4 is 5.32 Å². The fourth-order valence-corrected chi connectivity index (χ4v) is 4.62. The number of fused-ring (bicyclic) bond motifs is 1. The Kier molecular flexibility index (Phi) is 6.79. The highest BCUT2D eigenvalue weighted by Crippen LogP contribution is 2.38. The maximum absolute atomic E-state index is 13.0. The number of para-hydroxylation sites is 1. The van der Waals surface area contributed by atoms with E-state index in [1.807, 2.05) is 24.3 Å². The summed E-state index contributed by atoms with van der Waals surface area (Å²) in [5.41, 5.74) is 2.86. The summed E-state index contributed by atoms with van der Waals surface area (Å²) in [6, 6.07) is 14.5. The monoisotopic (exact) mass is 491 g/mol. The fraction of sp³-hybridized carbons (Fsp3) is 0.231. The number of ether oxygens (including phenoxy) is 1. The maximum Gasteiger partial charge on any atom is 0.310 e. The maximum atomic E-state index is 13.0. The molecule has 2 aromatic carbocycles. The molecule has 180 valence electrons. The minimum absolute atomic E-state index is 0.0694. The zero-order chi connectivity index (χ0) is 25.2. The van der Waals surface area contributed by atoms with E-state index in [4.69, 9.17) is 9.84 Å². The van der Waals surface area contributed by atoms with Crippen LogP contribution in [0.15, 0.2) is 64.6 Å². The number of esters is 1. The van der Waals surface area contributed by atoms with Gasteiger partial charge in [-0.2, -0.15) is 4.99 Å². The zero-order valence-electron chi connectivity index (χ0n) is 19.5. The molecule has 4 rings (SSSR count). The van der Waals surface area contributed by atoms with Crippen LogP contribution in [-0.4, -0.2) is 38.7 Å². The van der Waals surface area contributed by atoms with Crippen LogP contribution in [0.4, 0.5) is 5.69 Å². The number of anilines is 1. The van der Waals surface area contributed by atoms with Crippen LogP contribution in [-0.2, 0) is 25.5 Å². The Morgan fingerprint density at radius 3 is 2.51 bits per heavy atom. The number of nitrogens with one attached hydrogen (secondary N) is 2. The van der Waals surface area contributed by atoms with Gasteiger partial charge in [0.1, 0.15) is 5.60 Å². The number of carboxylic acid groups (broad SMARTS) is 1. The number of aliphatic carboxylic acids is 1. The van der Waals surface area contributed by atoms with E-state index < -0.39 is 23.4 Å². The summed E-state index contributed by atoms with van der Waals surface area (Å²) in [5, 5.41) is 13.3. The van der Waals surface area contributed by atoms with Gasteiger partial charge in [0.25, 0.3) is 5.91 Å². The minimum Gasteiger partial charge on any atom is -0.481 e. The van der Waals surface area contributed by atoms with Crippen LogP contribution in [0.25, 0.3) is 16.5 Å². The standard InChI is InChI=1S/C26H25N3O5S/c1-26(2,3)34-22(32)13-18(19-14-27-20-7-5-4-6-17(19)20)23-24(33)29-25(35-23)28-16-10-8-15(9-11-16)12-21(30)31/h4-11,14,27H,12-13H2,1-3H3,(H,30,31)(H,28,29,33). The SMILES string of the molecule is CC(C)(C)OC(=O)CC(=C1SC(Nc2ccc(CC(=O)O)cc2)=NC1=O)c1c[nH]c2ccccc12. The van der Waals surface area contributed by atoms with E-state index in [9.17, 15) is 14.4 Å². The summed E-state index contributed by atoms with van der Waals surface area (Å²) >= 11 is 1.16. The molecule has 0 aliphatic carbocycles. The third kappa shape index (κ3) is 5.99. The largest absolute Gasteiger partial charge is 0.481 e. The summed E-state index contributed by atoms with van der Waals surface area (Å²) in [6.45, 7) is 5.39. The molecule has 2 heterocycles. The number of hydrogen-bond donors (Lipinski definition) is 3. The Morgan fingerprint density at radius 1 is 1.11 bits per heavy atom. The van der Waals surface area contributed by atoms with Gasteiger partial charge >= 0.3 is 11.9 Å². The lowest BCUT2D eigenvalue weighted by molar-refractivity contribution is -0.153. The van der Waals surface area contributed by atoms with E-state index in [1.165, 1.54) is 0 Å². The zero-order valence-corrected chi connectivity index (χ0v) is 20.4. The van der Waals surface area contributed by atoms with Crippen LogP contribution >= 0.6 is 11.8 Å². The van der Waals surface area contributed by atoms with E-state index in [0.717, 1.165) is 28.2 Å². The number of benzene rings is 2. The summed E-state index contributed by atoms with van der Waals surface area (Å²) in [6.07, 6.45) is 1.64. The van der Waals surface area contributed by atoms with Crippen molar-refractivity contribution in [3.05, 3.63) is 70.8 Å². The number of aliphatic imine (C=N–C) groups is 1. The lowest BCUT2D eigenvalue weighted by Gasteiger charge is -2.20. The lowest BCUT2D eigenvalue weighted by Crippen LogP contribution is -2.24. The van der Waals surface area contributed by atoms with Crippen molar-refractivity contribution < 1.29 is 24.2 Å². The van der Waals surface area contributed by atoms with Gasteiger partial charge in [0, 0.05) is 28.4 Å². The van der Waals surface area contributed by atoms with Gasteiger partial charge in [0.15, 0.2) is 5.17 Å². The summed E-state index contributed by atoms with van der Waals surface area (Å²) in [7, 11) is 0. The van der Waals surface area contributed by atoms with Crippen molar-refractivity contribution in [2.24, 2.45) is 4.99 Å². The fourth-order valence-electron chi connectivity index (χ4n) is 3.70. The molecule has 0 fully saturated rings. The number of aromatic amines is 1. The molecule has 1 aliphatic heterocycles. The number of rotatable bonds is 6. The molecule has 3 aromatic rings. The van der Waals surface area contributed by atoms with Crippen molar-refractivity contribution in [2.45, 2.75) is 39.2 Å². The Balaban J connectivity index is 1.63. The minimum atomic E-state index is -0.906. The first-order valence-corrected chi connectivity index (χ1v) is 11.8. The van der Waals surface area contributed by atoms with Crippen LogP contribution in [0.1, 0.15) is 38.3 Å². The molecule has 0 saturated heterocycles. The molecule has 1 aromatic heterocycles. The molecule has 0 bridgehead atoms. The molecule has 0 atom stereocenters. The second-order valence-corrected chi connectivity index (χ2v) is 10.0. The number of hydrogen-bond acceptors (Lipinski definition) is 6. The molecule has 0 unspecified atom stereocenters. The third-order valence-electron chi connectivity index (χ3n) is 5.09. The summed E-state index contributed by atoms with van der Waals surface area (Å²) < 4.78 is 5.54. The number of carboxylic acids is 1. The van der Waals surface area contributed by atoms with E-state index in [-0.39, 0.29) is 12.8 Å². The number of amidine groups is 1. The summed E-state index contributed by atoms with van der Waals surface area (Å²) in [4.78, 5) is 44.3. The van der Waals surface area contributed by atoms with Crippen molar-refractivity contribution in [3.63, 3.8) is 0 Å². The quantitative estimate of drug-likeness (QED) is 0.328. The number of aromatic nitrogens is 1. The number of amides is 1. The Bertz CT molecular complexity index is 1360. The normalized spacial score (nSPS) is 15.2. The van der Waals surface area contributed by atoms with Crippen molar-refractivity contribution in [2.75, 3.05) is 5.32 Å². The molecule has 1 aliphatic rings. The molecule has 1 amide bonds. The van der Waals surface area contributed by atoms with Gasteiger partial charge in [0.05, 0.1) is 17.7 Å². The molecular formula is C26H25N3O5S. The topological polar surface area (TPSA) is 121 Å². The molecular weight excluding hydrogens is 466 g/mol. The predicted molar refractivity (Wildman–Crippen MR) is 137 cm³/mol.